The maximum absolute atomic E-state index is 5.42. The van der Waals surface area contributed by atoms with Crippen molar-refractivity contribution in [1.82, 2.24) is 19.7 Å². The lowest BCUT2D eigenvalue weighted by Gasteiger charge is -2.08. The summed E-state index contributed by atoms with van der Waals surface area (Å²) in [5.74, 6) is 3.52. The molecule has 0 saturated carbocycles. The highest BCUT2D eigenvalue weighted by atomic mass is 32.2. The van der Waals surface area contributed by atoms with E-state index in [4.69, 9.17) is 18.7 Å². The van der Waals surface area contributed by atoms with E-state index >= 15 is 0 Å². The van der Waals surface area contributed by atoms with E-state index in [0.29, 0.717) is 29.0 Å². The molecule has 0 bridgehead atoms. The van der Waals surface area contributed by atoms with Crippen LogP contribution >= 0.6 is 11.8 Å². The molecule has 0 aliphatic heterocycles. The molecule has 0 spiro atoms. The highest BCUT2D eigenvalue weighted by Gasteiger charge is 2.14. The molecule has 0 radical (unpaired) electrons. The minimum Gasteiger partial charge on any atom is -0.497 e. The Labute approximate surface area is 177 Å². The fraction of sp³-hybridized carbons (Fsp3) is 0.190. The van der Waals surface area contributed by atoms with Crippen LogP contribution in [0.3, 0.4) is 0 Å². The number of thioether (sulfide) groups is 1. The fourth-order valence-electron chi connectivity index (χ4n) is 2.89. The molecule has 0 fully saturated rings. The summed E-state index contributed by atoms with van der Waals surface area (Å²) in [5, 5.41) is 4.89. The third kappa shape index (κ3) is 4.11. The predicted molar refractivity (Wildman–Crippen MR) is 113 cm³/mol. The highest BCUT2D eigenvalue weighted by Crippen LogP contribution is 2.32. The summed E-state index contributed by atoms with van der Waals surface area (Å²) >= 11 is 1.51. The quantitative estimate of drug-likeness (QED) is 0.388. The molecule has 0 N–H and O–H groups in total. The van der Waals surface area contributed by atoms with Crippen LogP contribution in [-0.2, 0) is 5.75 Å². The number of methoxy groups -OCH3 is 3. The van der Waals surface area contributed by atoms with Gasteiger partial charge in [0.05, 0.1) is 32.8 Å². The number of rotatable bonds is 8. The second-order valence-corrected chi connectivity index (χ2v) is 7.09. The molecule has 9 heteroatoms. The summed E-state index contributed by atoms with van der Waals surface area (Å²) in [4.78, 5) is 8.92. The summed E-state index contributed by atoms with van der Waals surface area (Å²) in [5.41, 5.74) is 1.75. The number of aromatic nitrogens is 4. The molecule has 8 nitrogen and oxygen atoms in total. The first kappa shape index (κ1) is 19.8. The first-order valence-electron chi connectivity index (χ1n) is 9.07. The molecule has 4 aromatic rings. The Balaban J connectivity index is 1.49. The standard InChI is InChI=1S/C21H20N4O4S/c1-26-16-6-4-5-15(12-16)25-10-9-22-21(25)30-13-19-23-20(24-29-19)14-7-8-17(27-2)18(11-14)28-3/h4-12H,13H2,1-3H3. The lowest BCUT2D eigenvalue weighted by atomic mass is 10.2. The maximum Gasteiger partial charge on any atom is 0.237 e. The Hall–Kier alpha value is -3.46. The third-order valence-corrected chi connectivity index (χ3v) is 5.32. The molecule has 0 aliphatic rings. The molecular weight excluding hydrogens is 404 g/mol. The van der Waals surface area contributed by atoms with E-state index < -0.39 is 0 Å². The predicted octanol–water partition coefficient (Wildman–Crippen LogP) is 4.24. The number of ether oxygens (including phenoxy) is 3. The van der Waals surface area contributed by atoms with Gasteiger partial charge in [0.1, 0.15) is 5.75 Å². The van der Waals surface area contributed by atoms with Crippen LogP contribution in [0.5, 0.6) is 17.2 Å². The topological polar surface area (TPSA) is 84.4 Å². The van der Waals surface area contributed by atoms with Gasteiger partial charge in [-0.15, -0.1) is 0 Å². The number of nitrogens with zero attached hydrogens (tertiary/aromatic N) is 4. The summed E-state index contributed by atoms with van der Waals surface area (Å²) in [7, 11) is 4.83. The summed E-state index contributed by atoms with van der Waals surface area (Å²) < 4.78 is 23.3. The Morgan fingerprint density at radius 2 is 1.87 bits per heavy atom. The lowest BCUT2D eigenvalue weighted by molar-refractivity contribution is 0.355. The summed E-state index contributed by atoms with van der Waals surface area (Å²) in [6.07, 6.45) is 3.66. The van der Waals surface area contributed by atoms with Crippen molar-refractivity contribution in [3.05, 3.63) is 60.7 Å². The number of imidazole rings is 1. The van der Waals surface area contributed by atoms with E-state index in [1.807, 2.05) is 53.2 Å². The van der Waals surface area contributed by atoms with Gasteiger partial charge in [0.15, 0.2) is 16.7 Å². The molecule has 0 aliphatic carbocycles. The van der Waals surface area contributed by atoms with Gasteiger partial charge in [-0.05, 0) is 30.3 Å². The molecule has 4 rings (SSSR count). The normalized spacial score (nSPS) is 10.8. The molecule has 30 heavy (non-hydrogen) atoms. The lowest BCUT2D eigenvalue weighted by Crippen LogP contribution is -1.96. The average Bonchev–Trinajstić information content (AvgIpc) is 3.46. The van der Waals surface area contributed by atoms with Crippen LogP contribution in [0.4, 0.5) is 0 Å². The number of hydrogen-bond donors (Lipinski definition) is 0. The van der Waals surface area contributed by atoms with Crippen LogP contribution in [0.2, 0.25) is 0 Å². The molecular formula is C21H20N4O4S. The number of hydrogen-bond acceptors (Lipinski definition) is 8. The first-order valence-corrected chi connectivity index (χ1v) is 10.1. The van der Waals surface area contributed by atoms with Gasteiger partial charge in [-0.1, -0.05) is 23.0 Å². The molecule has 0 unspecified atom stereocenters. The van der Waals surface area contributed by atoms with E-state index in [-0.39, 0.29) is 0 Å². The van der Waals surface area contributed by atoms with Gasteiger partial charge < -0.3 is 18.7 Å². The van der Waals surface area contributed by atoms with Crippen molar-refractivity contribution in [3.8, 4) is 34.3 Å². The van der Waals surface area contributed by atoms with Gasteiger partial charge in [-0.2, -0.15) is 4.98 Å². The molecule has 0 amide bonds. The highest BCUT2D eigenvalue weighted by molar-refractivity contribution is 7.98. The van der Waals surface area contributed by atoms with Crippen LogP contribution in [0.1, 0.15) is 5.89 Å². The minimum atomic E-state index is 0.487. The molecule has 2 aromatic carbocycles. The van der Waals surface area contributed by atoms with Crippen LogP contribution in [0.25, 0.3) is 17.1 Å². The van der Waals surface area contributed by atoms with Crippen molar-refractivity contribution in [2.24, 2.45) is 0 Å². The van der Waals surface area contributed by atoms with Crippen molar-refractivity contribution in [2.75, 3.05) is 21.3 Å². The van der Waals surface area contributed by atoms with Crippen LogP contribution in [0.15, 0.2) is 64.5 Å². The Kier molecular flexibility index (Phi) is 5.89. The van der Waals surface area contributed by atoms with E-state index in [1.54, 1.807) is 27.5 Å². The summed E-state index contributed by atoms with van der Waals surface area (Å²) in [6, 6.07) is 13.3. The molecule has 2 aromatic heterocycles. The first-order chi connectivity index (χ1) is 14.7. The zero-order valence-corrected chi connectivity index (χ0v) is 17.5. The minimum absolute atomic E-state index is 0.487. The van der Waals surface area contributed by atoms with Gasteiger partial charge in [-0.25, -0.2) is 4.98 Å². The number of benzene rings is 2. The van der Waals surface area contributed by atoms with Crippen molar-refractivity contribution < 1.29 is 18.7 Å². The van der Waals surface area contributed by atoms with Gasteiger partial charge in [0.25, 0.3) is 0 Å². The SMILES string of the molecule is COc1cccc(-n2ccnc2SCc2nc(-c3ccc(OC)c(OC)c3)no2)c1. The van der Waals surface area contributed by atoms with Gasteiger partial charge in [0, 0.05) is 24.0 Å². The maximum atomic E-state index is 5.42. The monoisotopic (exact) mass is 424 g/mol. The summed E-state index contributed by atoms with van der Waals surface area (Å²) in [6.45, 7) is 0. The van der Waals surface area contributed by atoms with E-state index in [9.17, 15) is 0 Å². The fourth-order valence-corrected chi connectivity index (χ4v) is 3.70. The largest absolute Gasteiger partial charge is 0.497 e. The zero-order valence-electron chi connectivity index (χ0n) is 16.7. The average molecular weight is 424 g/mol. The van der Waals surface area contributed by atoms with Crippen LogP contribution < -0.4 is 14.2 Å². The molecule has 2 heterocycles. The van der Waals surface area contributed by atoms with E-state index in [0.717, 1.165) is 22.2 Å². The van der Waals surface area contributed by atoms with E-state index in [2.05, 4.69) is 15.1 Å². The third-order valence-electron chi connectivity index (χ3n) is 4.37. The van der Waals surface area contributed by atoms with Gasteiger partial charge in [0.2, 0.25) is 11.7 Å². The van der Waals surface area contributed by atoms with Crippen molar-refractivity contribution >= 4 is 11.8 Å². The van der Waals surface area contributed by atoms with Crippen LogP contribution in [0, 0.1) is 0 Å². The Bertz CT molecular complexity index is 1140. The van der Waals surface area contributed by atoms with E-state index in [1.165, 1.54) is 11.8 Å². The molecule has 0 saturated heterocycles. The van der Waals surface area contributed by atoms with Crippen molar-refractivity contribution in [2.45, 2.75) is 10.9 Å². The van der Waals surface area contributed by atoms with Crippen molar-refractivity contribution in [1.29, 1.82) is 0 Å². The Morgan fingerprint density at radius 1 is 1.00 bits per heavy atom. The molecule has 0 atom stereocenters. The zero-order chi connectivity index (χ0) is 20.9. The second-order valence-electron chi connectivity index (χ2n) is 6.15. The van der Waals surface area contributed by atoms with Gasteiger partial charge >= 0.3 is 0 Å². The Morgan fingerprint density at radius 3 is 2.67 bits per heavy atom. The smallest absolute Gasteiger partial charge is 0.237 e. The second kappa shape index (κ2) is 8.91. The van der Waals surface area contributed by atoms with Crippen LogP contribution in [-0.4, -0.2) is 41.0 Å². The van der Waals surface area contributed by atoms with Gasteiger partial charge in [-0.3, -0.25) is 4.57 Å². The van der Waals surface area contributed by atoms with Crippen molar-refractivity contribution in [3.63, 3.8) is 0 Å². The molecule has 154 valence electrons.